The number of oxime groups is 1. The van der Waals surface area contributed by atoms with Crippen molar-refractivity contribution in [1.29, 1.82) is 0 Å². The molecule has 0 saturated carbocycles. The van der Waals surface area contributed by atoms with E-state index in [1.165, 1.54) is 18.2 Å². The average Bonchev–Trinajstić information content (AvgIpc) is 3.52. The van der Waals surface area contributed by atoms with Crippen LogP contribution in [0.5, 0.6) is 5.75 Å². The third-order valence-electron chi connectivity index (χ3n) is 7.77. The van der Waals surface area contributed by atoms with Crippen molar-refractivity contribution in [2.75, 3.05) is 53.0 Å². The van der Waals surface area contributed by atoms with Gasteiger partial charge in [0.2, 0.25) is 0 Å². The Morgan fingerprint density at radius 3 is 2.66 bits per heavy atom. The summed E-state index contributed by atoms with van der Waals surface area (Å²) in [5.41, 5.74) is 5.54. The highest BCUT2D eigenvalue weighted by atomic mass is 16.6. The average molecular weight is 515 g/mol. The number of benzene rings is 2. The summed E-state index contributed by atoms with van der Waals surface area (Å²) >= 11 is 0. The maximum absolute atomic E-state index is 11.8. The summed E-state index contributed by atoms with van der Waals surface area (Å²) in [6, 6.07) is 16.6. The Labute approximate surface area is 223 Å². The Hall–Kier alpha value is -3.62. The SMILES string of the molecule is COC(=O)Cn1ccc2cc3c(cc21)OCC1C3=NOC1CN1CCN(C/C(C)=C/c2ccccc2)CC1. The molecule has 3 aromatic rings. The van der Waals surface area contributed by atoms with Crippen LogP contribution in [0.4, 0.5) is 0 Å². The molecule has 1 aromatic heterocycles. The van der Waals surface area contributed by atoms with Gasteiger partial charge in [0.05, 0.1) is 18.5 Å². The molecule has 38 heavy (non-hydrogen) atoms. The summed E-state index contributed by atoms with van der Waals surface area (Å²) in [7, 11) is 1.40. The third kappa shape index (κ3) is 5.06. The molecule has 198 valence electrons. The van der Waals surface area contributed by atoms with Gasteiger partial charge in [0.15, 0.2) is 6.10 Å². The van der Waals surface area contributed by atoms with Crippen molar-refractivity contribution in [3.05, 3.63) is 71.4 Å². The molecule has 2 aromatic carbocycles. The second-order valence-corrected chi connectivity index (χ2v) is 10.4. The summed E-state index contributed by atoms with van der Waals surface area (Å²) in [4.78, 5) is 22.8. The highest BCUT2D eigenvalue weighted by molar-refractivity contribution is 6.08. The van der Waals surface area contributed by atoms with Gasteiger partial charge in [-0.15, -0.1) is 0 Å². The first-order valence-electron chi connectivity index (χ1n) is 13.3. The Balaban J connectivity index is 1.06. The molecule has 6 rings (SSSR count). The van der Waals surface area contributed by atoms with Crippen molar-refractivity contribution in [3.63, 3.8) is 0 Å². The standard InChI is InChI=1S/C30H34N4O4/c1-21(14-22-6-4-3-5-7-22)17-32-10-12-33(13-11-32)18-28-25-20-37-27-16-26-23(15-24(27)30(25)31-38-28)8-9-34(26)19-29(35)36-2/h3-9,14-16,25,28H,10-13,17-20H2,1-2H3/b21-14+. The summed E-state index contributed by atoms with van der Waals surface area (Å²) in [6.07, 6.45) is 4.17. The van der Waals surface area contributed by atoms with Gasteiger partial charge in [-0.2, -0.15) is 0 Å². The van der Waals surface area contributed by atoms with Crippen LogP contribution in [0.2, 0.25) is 0 Å². The van der Waals surface area contributed by atoms with Crippen LogP contribution in [0.1, 0.15) is 18.1 Å². The van der Waals surface area contributed by atoms with E-state index in [1.807, 2.05) is 22.9 Å². The number of ether oxygens (including phenoxy) is 2. The van der Waals surface area contributed by atoms with Crippen molar-refractivity contribution in [3.8, 4) is 5.75 Å². The number of hydrogen-bond acceptors (Lipinski definition) is 7. The summed E-state index contributed by atoms with van der Waals surface area (Å²) in [6.45, 7) is 8.91. The number of piperazine rings is 1. The predicted molar refractivity (Wildman–Crippen MR) is 147 cm³/mol. The van der Waals surface area contributed by atoms with Gasteiger partial charge in [-0.3, -0.25) is 14.6 Å². The van der Waals surface area contributed by atoms with E-state index in [0.717, 1.165) is 67.2 Å². The molecule has 3 aliphatic heterocycles. The zero-order valence-corrected chi connectivity index (χ0v) is 22.0. The van der Waals surface area contributed by atoms with Crippen LogP contribution in [0.15, 0.2) is 65.5 Å². The normalized spacial score (nSPS) is 21.8. The van der Waals surface area contributed by atoms with Crippen molar-refractivity contribution in [2.45, 2.75) is 19.6 Å². The van der Waals surface area contributed by atoms with Crippen LogP contribution < -0.4 is 4.74 Å². The fourth-order valence-corrected chi connectivity index (χ4v) is 5.71. The highest BCUT2D eigenvalue weighted by Gasteiger charge is 2.41. The molecular formula is C30H34N4O4. The number of hydrogen-bond donors (Lipinski definition) is 0. The van der Waals surface area contributed by atoms with Crippen LogP contribution in [-0.4, -0.2) is 85.1 Å². The number of carbonyl (C=O) groups is 1. The Bertz CT molecular complexity index is 1370. The van der Waals surface area contributed by atoms with E-state index in [9.17, 15) is 4.79 Å². The minimum Gasteiger partial charge on any atom is -0.492 e. The molecule has 4 heterocycles. The zero-order valence-electron chi connectivity index (χ0n) is 22.0. The number of fused-ring (bicyclic) bond motifs is 4. The molecular weight excluding hydrogens is 480 g/mol. The second kappa shape index (κ2) is 10.6. The number of rotatable bonds is 7. The van der Waals surface area contributed by atoms with Crippen LogP contribution in [0.25, 0.3) is 17.0 Å². The van der Waals surface area contributed by atoms with Gasteiger partial charge in [-0.1, -0.05) is 47.1 Å². The Morgan fingerprint density at radius 1 is 1.08 bits per heavy atom. The van der Waals surface area contributed by atoms with Gasteiger partial charge in [0.1, 0.15) is 24.6 Å². The predicted octanol–water partition coefficient (Wildman–Crippen LogP) is 3.65. The molecule has 1 fully saturated rings. The van der Waals surface area contributed by atoms with Gasteiger partial charge in [0, 0.05) is 62.5 Å². The van der Waals surface area contributed by atoms with Gasteiger partial charge < -0.3 is 18.9 Å². The van der Waals surface area contributed by atoms with Gasteiger partial charge in [-0.05, 0) is 24.6 Å². The second-order valence-electron chi connectivity index (χ2n) is 10.4. The summed E-state index contributed by atoms with van der Waals surface area (Å²) in [5.74, 6) is 0.623. The van der Waals surface area contributed by atoms with E-state index >= 15 is 0 Å². The molecule has 2 atom stereocenters. The molecule has 2 unspecified atom stereocenters. The van der Waals surface area contributed by atoms with E-state index in [0.29, 0.717) is 6.61 Å². The van der Waals surface area contributed by atoms with Crippen molar-refractivity contribution in [2.24, 2.45) is 11.1 Å². The van der Waals surface area contributed by atoms with Crippen LogP contribution >= 0.6 is 0 Å². The minimum absolute atomic E-state index is 0.0102. The van der Waals surface area contributed by atoms with Crippen LogP contribution in [-0.2, 0) is 20.9 Å². The summed E-state index contributed by atoms with van der Waals surface area (Å²) in [5, 5.41) is 5.56. The molecule has 8 nitrogen and oxygen atoms in total. The smallest absolute Gasteiger partial charge is 0.325 e. The third-order valence-corrected chi connectivity index (χ3v) is 7.77. The van der Waals surface area contributed by atoms with E-state index in [-0.39, 0.29) is 24.5 Å². The largest absolute Gasteiger partial charge is 0.492 e. The van der Waals surface area contributed by atoms with Crippen molar-refractivity contribution < 1.29 is 19.1 Å². The maximum Gasteiger partial charge on any atom is 0.325 e. The molecule has 1 saturated heterocycles. The number of aromatic nitrogens is 1. The fraction of sp³-hybridized carbons (Fsp3) is 0.400. The first-order valence-corrected chi connectivity index (χ1v) is 13.3. The zero-order chi connectivity index (χ0) is 26.1. The number of carbonyl (C=O) groups excluding carboxylic acids is 1. The first kappa shape index (κ1) is 24.7. The molecule has 0 radical (unpaired) electrons. The van der Waals surface area contributed by atoms with Gasteiger partial charge in [-0.25, -0.2) is 0 Å². The molecule has 3 aliphatic rings. The first-order chi connectivity index (χ1) is 18.6. The number of methoxy groups -OCH3 is 1. The van der Waals surface area contributed by atoms with Gasteiger partial charge in [0.25, 0.3) is 0 Å². The molecule has 0 aliphatic carbocycles. The lowest BCUT2D eigenvalue weighted by Crippen LogP contribution is -2.50. The molecule has 0 N–H and O–H groups in total. The lowest BCUT2D eigenvalue weighted by Gasteiger charge is -2.36. The van der Waals surface area contributed by atoms with Gasteiger partial charge >= 0.3 is 5.97 Å². The van der Waals surface area contributed by atoms with Crippen molar-refractivity contribution in [1.82, 2.24) is 14.4 Å². The molecule has 8 heteroatoms. The minimum atomic E-state index is -0.280. The quantitative estimate of drug-likeness (QED) is 0.449. The van der Waals surface area contributed by atoms with Crippen LogP contribution in [0, 0.1) is 5.92 Å². The van der Waals surface area contributed by atoms with E-state index in [2.05, 4.69) is 64.4 Å². The summed E-state index contributed by atoms with van der Waals surface area (Å²) < 4.78 is 12.9. The lowest BCUT2D eigenvalue weighted by atomic mass is 9.89. The van der Waals surface area contributed by atoms with Crippen LogP contribution in [0.3, 0.4) is 0 Å². The van der Waals surface area contributed by atoms with E-state index < -0.39 is 0 Å². The molecule has 0 bridgehead atoms. The molecule has 0 amide bonds. The number of nitrogens with zero attached hydrogens (tertiary/aromatic N) is 4. The highest BCUT2D eigenvalue weighted by Crippen LogP contribution is 2.37. The molecule has 0 spiro atoms. The number of esters is 1. The van der Waals surface area contributed by atoms with E-state index in [1.54, 1.807) is 0 Å². The Morgan fingerprint density at radius 2 is 1.87 bits per heavy atom. The van der Waals surface area contributed by atoms with E-state index in [4.69, 9.17) is 14.3 Å². The lowest BCUT2D eigenvalue weighted by molar-refractivity contribution is -0.141. The fourth-order valence-electron chi connectivity index (χ4n) is 5.71. The maximum atomic E-state index is 11.8. The van der Waals surface area contributed by atoms with Crippen molar-refractivity contribution >= 4 is 28.7 Å². The monoisotopic (exact) mass is 514 g/mol. The Kier molecular flexibility index (Phi) is 6.91. The topological polar surface area (TPSA) is 68.5 Å².